The van der Waals surface area contributed by atoms with Crippen molar-refractivity contribution in [3.63, 3.8) is 0 Å². The van der Waals surface area contributed by atoms with Gasteiger partial charge in [-0.25, -0.2) is 4.98 Å². The number of nitrogens with zero attached hydrogens (tertiary/aromatic N) is 2. The molecule has 3 rings (SSSR count). The van der Waals surface area contributed by atoms with Gasteiger partial charge in [-0.3, -0.25) is 4.79 Å². The molecule has 118 valence electrons. The van der Waals surface area contributed by atoms with Crippen LogP contribution in [0.15, 0.2) is 48.8 Å². The first-order valence-electron chi connectivity index (χ1n) is 7.20. The van der Waals surface area contributed by atoms with E-state index in [0.717, 1.165) is 16.7 Å². The van der Waals surface area contributed by atoms with E-state index in [1.165, 1.54) is 0 Å². The Balaban J connectivity index is 1.66. The fraction of sp³-hybridized carbons (Fsp3) is 0.176. The number of halogens is 1. The first-order chi connectivity index (χ1) is 11.2. The van der Waals surface area contributed by atoms with Crippen molar-refractivity contribution < 1.29 is 9.53 Å². The van der Waals surface area contributed by atoms with Crippen LogP contribution in [0.4, 0.5) is 5.69 Å². The van der Waals surface area contributed by atoms with E-state index in [0.29, 0.717) is 23.8 Å². The van der Waals surface area contributed by atoms with Gasteiger partial charge in [-0.15, -0.1) is 0 Å². The number of carbonyl (C=O) groups is 1. The van der Waals surface area contributed by atoms with Crippen LogP contribution in [0, 0.1) is 0 Å². The van der Waals surface area contributed by atoms with Gasteiger partial charge in [0.2, 0.25) is 5.91 Å². The third-order valence-corrected chi connectivity index (χ3v) is 3.89. The molecule has 1 N–H and O–H groups in total. The lowest BCUT2D eigenvalue weighted by atomic mass is 10.2. The quantitative estimate of drug-likeness (QED) is 0.726. The average molecular weight is 330 g/mol. The zero-order chi connectivity index (χ0) is 16.2. The van der Waals surface area contributed by atoms with Crippen LogP contribution in [0.1, 0.15) is 6.42 Å². The zero-order valence-electron chi connectivity index (χ0n) is 12.6. The van der Waals surface area contributed by atoms with Crippen molar-refractivity contribution in [2.75, 3.05) is 12.4 Å². The molecule has 0 atom stereocenters. The highest BCUT2D eigenvalue weighted by molar-refractivity contribution is 6.32. The number of hydrogen-bond donors (Lipinski definition) is 1. The SMILES string of the molecule is COc1ccc2c(ccn2CCC(=O)Nc2cccnc2Cl)c1. The van der Waals surface area contributed by atoms with Gasteiger partial charge in [0, 0.05) is 36.3 Å². The van der Waals surface area contributed by atoms with E-state index in [4.69, 9.17) is 16.3 Å². The van der Waals surface area contributed by atoms with Crippen molar-refractivity contribution in [3.05, 3.63) is 53.9 Å². The number of carbonyl (C=O) groups excluding carboxylic acids is 1. The number of fused-ring (bicyclic) bond motifs is 1. The summed E-state index contributed by atoms with van der Waals surface area (Å²) in [7, 11) is 1.64. The number of pyridine rings is 1. The minimum Gasteiger partial charge on any atom is -0.497 e. The number of aryl methyl sites for hydroxylation is 1. The molecule has 0 aliphatic rings. The van der Waals surface area contributed by atoms with Gasteiger partial charge in [0.05, 0.1) is 12.8 Å². The predicted octanol–water partition coefficient (Wildman–Crippen LogP) is 3.73. The molecule has 6 heteroatoms. The standard InChI is InChI=1S/C17H16ClN3O2/c1-23-13-4-5-15-12(11-13)6-9-21(15)10-7-16(22)20-14-3-2-8-19-17(14)18/h2-6,8-9,11H,7,10H2,1H3,(H,20,22). The Hall–Kier alpha value is -2.53. The molecule has 23 heavy (non-hydrogen) atoms. The van der Waals surface area contributed by atoms with E-state index >= 15 is 0 Å². The number of ether oxygens (including phenoxy) is 1. The molecule has 2 aromatic heterocycles. The lowest BCUT2D eigenvalue weighted by Gasteiger charge is -2.08. The van der Waals surface area contributed by atoms with Crippen molar-refractivity contribution in [3.8, 4) is 5.75 Å². The second-order valence-electron chi connectivity index (χ2n) is 5.07. The van der Waals surface area contributed by atoms with Crippen LogP contribution in [-0.4, -0.2) is 22.6 Å². The van der Waals surface area contributed by atoms with Crippen molar-refractivity contribution in [2.24, 2.45) is 0 Å². The van der Waals surface area contributed by atoms with E-state index in [9.17, 15) is 4.79 Å². The first kappa shape index (κ1) is 15.4. The Kier molecular flexibility index (Phi) is 4.48. The van der Waals surface area contributed by atoms with Gasteiger partial charge in [0.15, 0.2) is 5.15 Å². The van der Waals surface area contributed by atoms with Crippen molar-refractivity contribution in [1.82, 2.24) is 9.55 Å². The number of benzene rings is 1. The maximum absolute atomic E-state index is 12.1. The Morgan fingerprint density at radius 2 is 2.22 bits per heavy atom. The molecule has 0 saturated heterocycles. The van der Waals surface area contributed by atoms with Crippen LogP contribution in [0.5, 0.6) is 5.75 Å². The van der Waals surface area contributed by atoms with E-state index < -0.39 is 0 Å². The first-order valence-corrected chi connectivity index (χ1v) is 7.58. The monoisotopic (exact) mass is 329 g/mol. The maximum atomic E-state index is 12.1. The molecule has 0 unspecified atom stereocenters. The number of nitrogens with one attached hydrogen (secondary N) is 1. The van der Waals surface area contributed by atoms with Crippen molar-refractivity contribution in [2.45, 2.75) is 13.0 Å². The summed E-state index contributed by atoms with van der Waals surface area (Å²) in [6.45, 7) is 0.583. The summed E-state index contributed by atoms with van der Waals surface area (Å²) in [5, 5.41) is 4.15. The van der Waals surface area contributed by atoms with Gasteiger partial charge in [0.25, 0.3) is 0 Å². The normalized spacial score (nSPS) is 10.7. The number of amides is 1. The van der Waals surface area contributed by atoms with Gasteiger partial charge < -0.3 is 14.6 Å². The van der Waals surface area contributed by atoms with Gasteiger partial charge in [0.1, 0.15) is 5.75 Å². The Bertz CT molecular complexity index is 845. The highest BCUT2D eigenvalue weighted by Crippen LogP contribution is 2.22. The number of aromatic nitrogens is 2. The number of anilines is 1. The number of rotatable bonds is 5. The minimum absolute atomic E-state index is 0.102. The molecule has 3 aromatic rings. The van der Waals surface area contributed by atoms with E-state index in [2.05, 4.69) is 10.3 Å². The third-order valence-electron chi connectivity index (χ3n) is 3.59. The molecule has 0 aliphatic heterocycles. The molecule has 0 bridgehead atoms. The van der Waals surface area contributed by atoms with Crippen LogP contribution in [-0.2, 0) is 11.3 Å². The summed E-state index contributed by atoms with van der Waals surface area (Å²) >= 11 is 5.93. The molecule has 2 heterocycles. The van der Waals surface area contributed by atoms with E-state index in [1.807, 2.05) is 35.0 Å². The van der Waals surface area contributed by atoms with Gasteiger partial charge in [-0.2, -0.15) is 0 Å². The Morgan fingerprint density at radius 3 is 3.00 bits per heavy atom. The fourth-order valence-corrected chi connectivity index (χ4v) is 2.58. The Labute approximate surface area is 138 Å². The van der Waals surface area contributed by atoms with Crippen LogP contribution >= 0.6 is 11.6 Å². The molecule has 5 nitrogen and oxygen atoms in total. The number of hydrogen-bond acceptors (Lipinski definition) is 3. The zero-order valence-corrected chi connectivity index (χ0v) is 13.4. The molecule has 0 spiro atoms. The molecule has 1 amide bonds. The minimum atomic E-state index is -0.102. The molecule has 0 aliphatic carbocycles. The molecular formula is C17H16ClN3O2. The fourth-order valence-electron chi connectivity index (χ4n) is 2.41. The lowest BCUT2D eigenvalue weighted by Crippen LogP contribution is -2.14. The van der Waals surface area contributed by atoms with Gasteiger partial charge in [-0.1, -0.05) is 11.6 Å². The molecular weight excluding hydrogens is 314 g/mol. The van der Waals surface area contributed by atoms with Crippen molar-refractivity contribution in [1.29, 1.82) is 0 Å². The van der Waals surface area contributed by atoms with Gasteiger partial charge >= 0.3 is 0 Å². The average Bonchev–Trinajstić information content (AvgIpc) is 2.97. The van der Waals surface area contributed by atoms with Crippen molar-refractivity contribution >= 4 is 34.1 Å². The topological polar surface area (TPSA) is 56.1 Å². The van der Waals surface area contributed by atoms with Crippen LogP contribution < -0.4 is 10.1 Å². The van der Waals surface area contributed by atoms with Crippen LogP contribution in [0.2, 0.25) is 5.15 Å². The maximum Gasteiger partial charge on any atom is 0.226 e. The lowest BCUT2D eigenvalue weighted by molar-refractivity contribution is -0.116. The van der Waals surface area contributed by atoms with E-state index in [1.54, 1.807) is 25.4 Å². The highest BCUT2D eigenvalue weighted by atomic mass is 35.5. The number of methoxy groups -OCH3 is 1. The summed E-state index contributed by atoms with van der Waals surface area (Å²) < 4.78 is 7.26. The van der Waals surface area contributed by atoms with Crippen LogP contribution in [0.25, 0.3) is 10.9 Å². The smallest absolute Gasteiger partial charge is 0.226 e. The summed E-state index contributed by atoms with van der Waals surface area (Å²) in [5.74, 6) is 0.717. The van der Waals surface area contributed by atoms with Gasteiger partial charge in [-0.05, 0) is 36.4 Å². The summed E-state index contributed by atoms with van der Waals surface area (Å²) in [5.41, 5.74) is 1.60. The molecule has 0 fully saturated rings. The summed E-state index contributed by atoms with van der Waals surface area (Å²) in [4.78, 5) is 16.0. The second kappa shape index (κ2) is 6.71. The summed E-state index contributed by atoms with van der Waals surface area (Å²) in [6, 6.07) is 11.3. The molecule has 0 radical (unpaired) electrons. The Morgan fingerprint density at radius 1 is 1.35 bits per heavy atom. The third kappa shape index (κ3) is 3.46. The van der Waals surface area contributed by atoms with E-state index in [-0.39, 0.29) is 5.91 Å². The molecule has 1 aromatic carbocycles. The second-order valence-corrected chi connectivity index (χ2v) is 5.43. The highest BCUT2D eigenvalue weighted by Gasteiger charge is 2.08. The van der Waals surface area contributed by atoms with Crippen LogP contribution in [0.3, 0.4) is 0 Å². The molecule has 0 saturated carbocycles. The largest absolute Gasteiger partial charge is 0.497 e. The summed E-state index contributed by atoms with van der Waals surface area (Å²) in [6.07, 6.45) is 3.90. The predicted molar refractivity (Wildman–Crippen MR) is 91.0 cm³/mol.